The number of benzene rings is 1. The van der Waals surface area contributed by atoms with Crippen molar-refractivity contribution in [2.24, 2.45) is 0 Å². The molecule has 9 nitrogen and oxygen atoms in total. The first-order chi connectivity index (χ1) is 12.1. The van der Waals surface area contributed by atoms with Crippen molar-refractivity contribution in [1.29, 1.82) is 0 Å². The van der Waals surface area contributed by atoms with Crippen molar-refractivity contribution in [2.45, 2.75) is 29.6 Å². The normalized spacial score (nSPS) is 27.5. The van der Waals surface area contributed by atoms with Gasteiger partial charge in [-0.3, -0.25) is 10.1 Å². The number of carbonyl (C=O) groups excluding carboxylic acids is 2. The molecule has 0 bridgehead atoms. The van der Waals surface area contributed by atoms with E-state index in [1.807, 2.05) is 0 Å². The summed E-state index contributed by atoms with van der Waals surface area (Å²) in [5.74, 6) is -1.60. The number of imide groups is 1. The van der Waals surface area contributed by atoms with Crippen molar-refractivity contribution < 1.29 is 36.3 Å². The smallest absolute Gasteiger partial charge is 0.395 e. The minimum atomic E-state index is -4.28. The number of piperidine rings is 1. The lowest BCUT2D eigenvalue weighted by molar-refractivity contribution is -0.287. The number of nitrogens with zero attached hydrogens (tertiary/aromatic N) is 1. The maximum absolute atomic E-state index is 13.3. The highest BCUT2D eigenvalue weighted by Crippen LogP contribution is 2.46. The Morgan fingerprint density at radius 3 is 2.65 bits per heavy atom. The molecule has 3 heterocycles. The van der Waals surface area contributed by atoms with Crippen LogP contribution in [0.3, 0.4) is 0 Å². The summed E-state index contributed by atoms with van der Waals surface area (Å²) in [6.07, 6.45) is -3.40. The van der Waals surface area contributed by atoms with Gasteiger partial charge in [0.05, 0.1) is 0 Å². The number of nitrogens with one attached hydrogen (secondary N) is 2. The second-order valence-electron chi connectivity index (χ2n) is 6.18. The van der Waals surface area contributed by atoms with Crippen LogP contribution >= 0.6 is 0 Å². The predicted molar refractivity (Wildman–Crippen MR) is 80.0 cm³/mol. The molecule has 1 aromatic carbocycles. The van der Waals surface area contributed by atoms with Crippen LogP contribution in [0, 0.1) is 0 Å². The number of carbonyl (C=O) groups is 2. The Bertz CT molecular complexity index is 921. The summed E-state index contributed by atoms with van der Waals surface area (Å²) in [4.78, 5) is 23.0. The first-order valence-electron chi connectivity index (χ1n) is 7.66. The Morgan fingerprint density at radius 2 is 1.96 bits per heavy atom. The van der Waals surface area contributed by atoms with Gasteiger partial charge in [-0.15, -0.1) is 8.78 Å². The highest BCUT2D eigenvalue weighted by molar-refractivity contribution is 7.89. The maximum Gasteiger partial charge on any atom is 0.586 e. The standard InChI is InChI=1S/C14H13F2N3O6S/c15-14(16)24-8-3-1-4-9(10(8)25-14)26(22,23)19-6-2-5-13(7-19)11(20)17-12(21)18-13/h1,3-4H,2,5-7H2,(H2,17,18,20,21). The molecule has 26 heavy (non-hydrogen) atoms. The molecule has 3 amide bonds. The van der Waals surface area contributed by atoms with Gasteiger partial charge >= 0.3 is 12.3 Å². The average Bonchev–Trinajstić information content (AvgIpc) is 3.01. The molecule has 3 aliphatic rings. The molecule has 1 spiro atoms. The van der Waals surface area contributed by atoms with Crippen LogP contribution in [0.4, 0.5) is 13.6 Å². The number of fused-ring (bicyclic) bond motifs is 1. The molecule has 1 atom stereocenters. The summed E-state index contributed by atoms with van der Waals surface area (Å²) in [7, 11) is -4.28. The zero-order valence-corrected chi connectivity index (χ0v) is 13.9. The van der Waals surface area contributed by atoms with E-state index in [4.69, 9.17) is 0 Å². The van der Waals surface area contributed by atoms with Crippen LogP contribution in [0.1, 0.15) is 12.8 Å². The van der Waals surface area contributed by atoms with Gasteiger partial charge in [0.15, 0.2) is 11.5 Å². The molecule has 4 rings (SSSR count). The average molecular weight is 389 g/mol. The molecule has 0 saturated carbocycles. The van der Waals surface area contributed by atoms with Crippen molar-refractivity contribution >= 4 is 22.0 Å². The SMILES string of the molecule is O=C1NC(=O)C2(CCCN(S(=O)(=O)c3cccc4c3OC(F)(F)O4)C2)N1. The minimum absolute atomic E-state index is 0.0636. The third-order valence-electron chi connectivity index (χ3n) is 4.48. The molecule has 0 radical (unpaired) electrons. The van der Waals surface area contributed by atoms with Crippen LogP contribution in [-0.2, 0) is 14.8 Å². The van der Waals surface area contributed by atoms with Gasteiger partial charge in [0.2, 0.25) is 10.0 Å². The molecule has 0 aromatic heterocycles. The lowest BCUT2D eigenvalue weighted by atomic mass is 9.90. The van der Waals surface area contributed by atoms with E-state index in [9.17, 15) is 26.8 Å². The van der Waals surface area contributed by atoms with Crippen molar-refractivity contribution in [3.05, 3.63) is 18.2 Å². The fraction of sp³-hybridized carbons (Fsp3) is 0.429. The van der Waals surface area contributed by atoms with Gasteiger partial charge in [0, 0.05) is 13.1 Å². The number of amides is 3. The second kappa shape index (κ2) is 5.27. The topological polar surface area (TPSA) is 114 Å². The largest absolute Gasteiger partial charge is 0.586 e. The summed E-state index contributed by atoms with van der Waals surface area (Å²) in [6.45, 7) is -0.248. The number of sulfonamides is 1. The third-order valence-corrected chi connectivity index (χ3v) is 6.35. The molecule has 2 N–H and O–H groups in total. The van der Waals surface area contributed by atoms with Crippen molar-refractivity contribution in [2.75, 3.05) is 13.1 Å². The minimum Gasteiger partial charge on any atom is -0.395 e. The summed E-state index contributed by atoms with van der Waals surface area (Å²) in [5.41, 5.74) is -1.37. The summed E-state index contributed by atoms with van der Waals surface area (Å²) >= 11 is 0. The maximum atomic E-state index is 13.3. The molecule has 0 aliphatic carbocycles. The van der Waals surface area contributed by atoms with E-state index in [0.717, 1.165) is 16.4 Å². The molecule has 2 fully saturated rings. The molecule has 12 heteroatoms. The van der Waals surface area contributed by atoms with Gasteiger partial charge in [-0.25, -0.2) is 13.2 Å². The fourth-order valence-electron chi connectivity index (χ4n) is 3.32. The molecule has 1 unspecified atom stereocenters. The van der Waals surface area contributed by atoms with E-state index in [2.05, 4.69) is 20.1 Å². The van der Waals surface area contributed by atoms with Crippen LogP contribution in [0.5, 0.6) is 11.5 Å². The Morgan fingerprint density at radius 1 is 1.19 bits per heavy atom. The molecule has 1 aromatic rings. The number of halogens is 2. The molecular weight excluding hydrogens is 376 g/mol. The molecule has 3 aliphatic heterocycles. The molecular formula is C14H13F2N3O6S. The summed E-state index contributed by atoms with van der Waals surface area (Å²) in [5, 5.41) is 4.54. The second-order valence-corrected chi connectivity index (χ2v) is 8.09. The highest BCUT2D eigenvalue weighted by atomic mass is 32.2. The van der Waals surface area contributed by atoms with Crippen molar-refractivity contribution in [3.8, 4) is 11.5 Å². The van der Waals surface area contributed by atoms with E-state index in [-0.39, 0.29) is 19.5 Å². The Labute approximate surface area is 146 Å². The van der Waals surface area contributed by atoms with Crippen molar-refractivity contribution in [1.82, 2.24) is 14.9 Å². The number of hydrogen-bond donors (Lipinski definition) is 2. The van der Waals surface area contributed by atoms with Gasteiger partial charge in [0.1, 0.15) is 10.4 Å². The number of urea groups is 1. The quantitative estimate of drug-likeness (QED) is 0.707. The van der Waals surface area contributed by atoms with Crippen molar-refractivity contribution in [3.63, 3.8) is 0 Å². The first-order valence-corrected chi connectivity index (χ1v) is 9.10. The molecule has 2 saturated heterocycles. The highest BCUT2D eigenvalue weighted by Gasteiger charge is 2.52. The summed E-state index contributed by atoms with van der Waals surface area (Å²) < 4.78 is 62.2. The lowest BCUT2D eigenvalue weighted by Crippen LogP contribution is -2.59. The van der Waals surface area contributed by atoms with Gasteiger partial charge < -0.3 is 14.8 Å². The van der Waals surface area contributed by atoms with Crippen LogP contribution in [0.25, 0.3) is 0 Å². The van der Waals surface area contributed by atoms with Crippen LogP contribution < -0.4 is 20.1 Å². The van der Waals surface area contributed by atoms with E-state index < -0.39 is 50.2 Å². The Kier molecular flexibility index (Phi) is 3.44. The first kappa shape index (κ1) is 17.0. The van der Waals surface area contributed by atoms with Crippen LogP contribution in [0.2, 0.25) is 0 Å². The number of hydrogen-bond acceptors (Lipinski definition) is 6. The number of para-hydroxylation sites is 1. The Balaban J connectivity index is 1.70. The summed E-state index contributed by atoms with van der Waals surface area (Å²) in [6, 6.07) is 2.83. The number of alkyl halides is 2. The fourth-order valence-corrected chi connectivity index (χ4v) is 4.99. The predicted octanol–water partition coefficient (Wildman–Crippen LogP) is 0.371. The third kappa shape index (κ3) is 2.48. The van der Waals surface area contributed by atoms with Crippen LogP contribution in [0.15, 0.2) is 23.1 Å². The van der Waals surface area contributed by atoms with Gasteiger partial charge in [-0.1, -0.05) is 6.07 Å². The zero-order chi connectivity index (χ0) is 18.7. The number of ether oxygens (including phenoxy) is 2. The Hall–Kier alpha value is -2.47. The lowest BCUT2D eigenvalue weighted by Gasteiger charge is -2.37. The van der Waals surface area contributed by atoms with E-state index >= 15 is 0 Å². The van der Waals surface area contributed by atoms with E-state index in [1.54, 1.807) is 0 Å². The van der Waals surface area contributed by atoms with Crippen LogP contribution in [-0.4, -0.2) is 49.6 Å². The monoisotopic (exact) mass is 389 g/mol. The van der Waals surface area contributed by atoms with E-state index in [1.165, 1.54) is 6.07 Å². The molecule has 140 valence electrons. The van der Waals surface area contributed by atoms with Gasteiger partial charge in [-0.2, -0.15) is 4.31 Å². The van der Waals surface area contributed by atoms with Gasteiger partial charge in [-0.05, 0) is 25.0 Å². The zero-order valence-electron chi connectivity index (χ0n) is 13.1. The van der Waals surface area contributed by atoms with Gasteiger partial charge in [0.25, 0.3) is 5.91 Å². The number of rotatable bonds is 2. The van der Waals surface area contributed by atoms with E-state index in [0.29, 0.717) is 6.42 Å².